The third-order valence-electron chi connectivity index (χ3n) is 9.88. The van der Waals surface area contributed by atoms with Crippen LogP contribution >= 0.6 is 0 Å². The van der Waals surface area contributed by atoms with Crippen molar-refractivity contribution in [3.63, 3.8) is 0 Å². The Morgan fingerprint density at radius 1 is 0.841 bits per heavy atom. The van der Waals surface area contributed by atoms with E-state index in [-0.39, 0.29) is 30.1 Å². The number of aliphatic carboxylic acids is 1. The summed E-state index contributed by atoms with van der Waals surface area (Å²) in [6.07, 6.45) is 6.01. The molecular formula is C33H49N5O6. The van der Waals surface area contributed by atoms with E-state index in [1.54, 1.807) is 16.8 Å². The number of amides is 4. The standard InChI is InChI=1S/C33H49N5O6/c1-4-22(2)28(34)32(42)37-19-11-9-16-25(37)30(40)36-18-10-8-15-24(36)29(39)35(3)27(21-23-13-6-5-7-14-23)31(41)38-20-12-17-26(38)33(43)44/h5-7,13-14,22,24-28H,4,8-12,15-21,34H2,1-3H3,(H,43,44)/t22?,24-,25+,26-,27+,28-/m0/s1. The van der Waals surface area contributed by atoms with Gasteiger partial charge in [-0.15, -0.1) is 0 Å². The van der Waals surface area contributed by atoms with Crippen LogP contribution in [0.2, 0.25) is 0 Å². The van der Waals surface area contributed by atoms with Crippen molar-refractivity contribution in [1.29, 1.82) is 0 Å². The highest BCUT2D eigenvalue weighted by Crippen LogP contribution is 2.28. The Morgan fingerprint density at radius 3 is 2.05 bits per heavy atom. The molecule has 0 aromatic heterocycles. The monoisotopic (exact) mass is 611 g/mol. The third kappa shape index (κ3) is 7.25. The van der Waals surface area contributed by atoms with E-state index in [0.29, 0.717) is 45.3 Å². The van der Waals surface area contributed by atoms with Gasteiger partial charge in [-0.3, -0.25) is 19.2 Å². The molecule has 1 aromatic carbocycles. The van der Waals surface area contributed by atoms with Gasteiger partial charge in [0.2, 0.25) is 23.6 Å². The molecule has 3 aliphatic heterocycles. The number of carbonyl (C=O) groups is 5. The molecule has 0 spiro atoms. The highest BCUT2D eigenvalue weighted by atomic mass is 16.4. The first-order chi connectivity index (χ1) is 21.1. The Morgan fingerprint density at radius 2 is 1.41 bits per heavy atom. The van der Waals surface area contributed by atoms with Crippen molar-refractivity contribution < 1.29 is 29.1 Å². The summed E-state index contributed by atoms with van der Waals surface area (Å²) < 4.78 is 0. The summed E-state index contributed by atoms with van der Waals surface area (Å²) in [6.45, 7) is 5.09. The number of hydrogen-bond acceptors (Lipinski definition) is 6. The average Bonchev–Trinajstić information content (AvgIpc) is 3.56. The van der Waals surface area contributed by atoms with E-state index in [2.05, 4.69) is 0 Å². The number of nitrogens with zero attached hydrogens (tertiary/aromatic N) is 4. The molecule has 11 heteroatoms. The van der Waals surface area contributed by atoms with E-state index < -0.39 is 42.1 Å². The Hall–Kier alpha value is -3.47. The lowest BCUT2D eigenvalue weighted by Crippen LogP contribution is -2.62. The molecule has 1 aromatic rings. The normalized spacial score (nSPS) is 24.4. The third-order valence-corrected chi connectivity index (χ3v) is 9.88. The topological polar surface area (TPSA) is 145 Å². The van der Waals surface area contributed by atoms with E-state index in [1.807, 2.05) is 44.2 Å². The summed E-state index contributed by atoms with van der Waals surface area (Å²) in [4.78, 5) is 73.8. The highest BCUT2D eigenvalue weighted by Gasteiger charge is 2.45. The number of carboxylic acid groups (broad SMARTS) is 1. The van der Waals surface area contributed by atoms with E-state index in [1.165, 1.54) is 9.80 Å². The number of likely N-dealkylation sites (N-methyl/N-ethyl adjacent to an activating group) is 1. The summed E-state index contributed by atoms with van der Waals surface area (Å²) in [6, 6.07) is 5.37. The fourth-order valence-corrected chi connectivity index (χ4v) is 6.88. The van der Waals surface area contributed by atoms with E-state index in [4.69, 9.17) is 5.73 Å². The second-order valence-electron chi connectivity index (χ2n) is 12.7. The van der Waals surface area contributed by atoms with Gasteiger partial charge in [-0.1, -0.05) is 50.6 Å². The maximum Gasteiger partial charge on any atom is 0.326 e. The van der Waals surface area contributed by atoms with Crippen molar-refractivity contribution >= 4 is 29.6 Å². The number of hydrogen-bond donors (Lipinski definition) is 2. The second-order valence-corrected chi connectivity index (χ2v) is 12.7. The predicted octanol–water partition coefficient (Wildman–Crippen LogP) is 2.27. The zero-order valence-corrected chi connectivity index (χ0v) is 26.4. The minimum absolute atomic E-state index is 0.0199. The fraction of sp³-hybridized carbons (Fsp3) is 0.667. The lowest BCUT2D eigenvalue weighted by Gasteiger charge is -2.44. The van der Waals surface area contributed by atoms with Crippen LogP contribution in [0.4, 0.5) is 0 Å². The highest BCUT2D eigenvalue weighted by molar-refractivity contribution is 5.96. The van der Waals surface area contributed by atoms with Crippen LogP contribution < -0.4 is 5.73 Å². The Balaban J connectivity index is 1.58. The number of benzene rings is 1. The first-order valence-corrected chi connectivity index (χ1v) is 16.3. The molecule has 0 aliphatic carbocycles. The summed E-state index contributed by atoms with van der Waals surface area (Å²) in [5.74, 6) is -2.27. The first-order valence-electron chi connectivity index (χ1n) is 16.3. The van der Waals surface area contributed by atoms with Crippen LogP contribution in [0.3, 0.4) is 0 Å². The molecule has 0 saturated carbocycles. The molecule has 0 radical (unpaired) electrons. The average molecular weight is 612 g/mol. The Labute approximate surface area is 260 Å². The van der Waals surface area contributed by atoms with Gasteiger partial charge in [0.15, 0.2) is 0 Å². The van der Waals surface area contributed by atoms with Crippen LogP contribution in [-0.2, 0) is 30.4 Å². The molecule has 4 rings (SSSR count). The van der Waals surface area contributed by atoms with Gasteiger partial charge >= 0.3 is 5.97 Å². The number of likely N-dealkylation sites (tertiary alicyclic amines) is 3. The van der Waals surface area contributed by atoms with Gasteiger partial charge in [0.25, 0.3) is 0 Å². The largest absolute Gasteiger partial charge is 0.480 e. The molecular weight excluding hydrogens is 562 g/mol. The van der Waals surface area contributed by atoms with Gasteiger partial charge in [0.05, 0.1) is 6.04 Å². The van der Waals surface area contributed by atoms with Crippen LogP contribution in [0.1, 0.15) is 77.2 Å². The van der Waals surface area contributed by atoms with Gasteiger partial charge in [-0.05, 0) is 62.8 Å². The maximum atomic E-state index is 14.3. The molecule has 6 atom stereocenters. The number of nitrogens with two attached hydrogens (primary N) is 1. The summed E-state index contributed by atoms with van der Waals surface area (Å²) in [5.41, 5.74) is 7.16. The minimum atomic E-state index is -1.05. The SMILES string of the molecule is CCC(C)[C@H](N)C(=O)N1CCCC[C@@H]1C(=O)N1CCCC[C@H]1C(=O)N(C)[C@H](Cc1ccccc1)C(=O)N1CCC[C@H]1C(=O)O. The summed E-state index contributed by atoms with van der Waals surface area (Å²) in [7, 11) is 1.58. The van der Waals surface area contributed by atoms with Gasteiger partial charge < -0.3 is 30.4 Å². The maximum absolute atomic E-state index is 14.3. The Bertz CT molecular complexity index is 1190. The number of piperidine rings is 2. The fourth-order valence-electron chi connectivity index (χ4n) is 6.88. The van der Waals surface area contributed by atoms with Crippen LogP contribution in [0.15, 0.2) is 30.3 Å². The first kappa shape index (κ1) is 33.4. The van der Waals surface area contributed by atoms with Gasteiger partial charge in [0.1, 0.15) is 24.2 Å². The molecule has 3 fully saturated rings. The van der Waals surface area contributed by atoms with Crippen molar-refractivity contribution in [3.05, 3.63) is 35.9 Å². The van der Waals surface area contributed by atoms with Crippen molar-refractivity contribution in [2.45, 2.75) is 108 Å². The zero-order chi connectivity index (χ0) is 32.0. The molecule has 11 nitrogen and oxygen atoms in total. The quantitative estimate of drug-likeness (QED) is 0.413. The van der Waals surface area contributed by atoms with E-state index in [9.17, 15) is 29.1 Å². The molecule has 1 unspecified atom stereocenters. The van der Waals surface area contributed by atoms with Crippen molar-refractivity contribution in [2.75, 3.05) is 26.7 Å². The Kier molecular flexibility index (Phi) is 11.4. The van der Waals surface area contributed by atoms with Crippen LogP contribution in [0, 0.1) is 5.92 Å². The number of carboxylic acids is 1. The molecule has 4 amide bonds. The van der Waals surface area contributed by atoms with Gasteiger partial charge in [-0.25, -0.2) is 4.79 Å². The minimum Gasteiger partial charge on any atom is -0.480 e. The number of carbonyl (C=O) groups excluding carboxylic acids is 4. The molecule has 3 saturated heterocycles. The zero-order valence-electron chi connectivity index (χ0n) is 26.4. The number of rotatable bonds is 10. The van der Waals surface area contributed by atoms with Gasteiger partial charge in [-0.2, -0.15) is 0 Å². The van der Waals surface area contributed by atoms with Crippen molar-refractivity contribution in [1.82, 2.24) is 19.6 Å². The van der Waals surface area contributed by atoms with Crippen molar-refractivity contribution in [3.8, 4) is 0 Å². The lowest BCUT2D eigenvalue weighted by atomic mass is 9.93. The lowest BCUT2D eigenvalue weighted by molar-refractivity contribution is -0.158. The predicted molar refractivity (Wildman–Crippen MR) is 165 cm³/mol. The molecule has 242 valence electrons. The molecule has 44 heavy (non-hydrogen) atoms. The molecule has 3 heterocycles. The van der Waals surface area contributed by atoms with Crippen LogP contribution in [-0.4, -0.2) is 111 Å². The summed E-state index contributed by atoms with van der Waals surface area (Å²) in [5, 5.41) is 9.76. The van der Waals surface area contributed by atoms with Crippen LogP contribution in [0.25, 0.3) is 0 Å². The van der Waals surface area contributed by atoms with Crippen LogP contribution in [0.5, 0.6) is 0 Å². The molecule has 3 N–H and O–H groups in total. The van der Waals surface area contributed by atoms with E-state index in [0.717, 1.165) is 37.7 Å². The molecule has 3 aliphatic rings. The molecule has 0 bridgehead atoms. The smallest absolute Gasteiger partial charge is 0.326 e. The van der Waals surface area contributed by atoms with Gasteiger partial charge in [0, 0.05) is 33.1 Å². The summed E-state index contributed by atoms with van der Waals surface area (Å²) >= 11 is 0. The van der Waals surface area contributed by atoms with E-state index >= 15 is 0 Å². The van der Waals surface area contributed by atoms with Crippen molar-refractivity contribution in [2.24, 2.45) is 11.7 Å². The second kappa shape index (κ2) is 15.0.